The van der Waals surface area contributed by atoms with Crippen LogP contribution in [0, 0.1) is 0 Å². The minimum atomic E-state index is -0.397. The Morgan fingerprint density at radius 2 is 2.03 bits per heavy atom. The van der Waals surface area contributed by atoms with Crippen molar-refractivity contribution < 1.29 is 4.79 Å². The summed E-state index contributed by atoms with van der Waals surface area (Å²) in [5.41, 5.74) is 3.05. The number of hydrogen-bond donors (Lipinski definition) is 1. The number of carbonyl (C=O) groups excluding carboxylic acids is 1. The van der Waals surface area contributed by atoms with Gasteiger partial charge < -0.3 is 5.32 Å². The van der Waals surface area contributed by atoms with Crippen molar-refractivity contribution in [2.45, 2.75) is 31.6 Å². The van der Waals surface area contributed by atoms with E-state index in [2.05, 4.69) is 49.8 Å². The number of anilines is 1. The summed E-state index contributed by atoms with van der Waals surface area (Å²) < 4.78 is 3.20. The van der Waals surface area contributed by atoms with Gasteiger partial charge in [-0.3, -0.25) is 4.79 Å². The first-order valence-electron chi connectivity index (χ1n) is 9.48. The lowest BCUT2D eigenvalue weighted by Crippen LogP contribution is -2.21. The van der Waals surface area contributed by atoms with Crippen molar-refractivity contribution in [3.63, 3.8) is 0 Å². The Hall–Kier alpha value is -3.11. The summed E-state index contributed by atoms with van der Waals surface area (Å²) in [7, 11) is 1.69. The van der Waals surface area contributed by atoms with Crippen LogP contribution in [0.3, 0.4) is 0 Å². The van der Waals surface area contributed by atoms with Gasteiger partial charge in [-0.05, 0) is 22.9 Å². The number of nitrogens with one attached hydrogen (secondary N) is 1. The fourth-order valence-corrected chi connectivity index (χ4v) is 4.56. The van der Waals surface area contributed by atoms with Crippen molar-refractivity contribution in [3.8, 4) is 11.5 Å². The largest absolute Gasteiger partial charge is 0.324 e. The maximum absolute atomic E-state index is 13.2. The Kier molecular flexibility index (Phi) is 4.45. The van der Waals surface area contributed by atoms with Crippen LogP contribution >= 0.6 is 23.2 Å². The normalized spacial score (nSPS) is 17.1. The highest BCUT2D eigenvalue weighted by atomic mass is 35.5. The Morgan fingerprint density at radius 1 is 1.23 bits per heavy atom. The van der Waals surface area contributed by atoms with E-state index >= 15 is 0 Å². The number of carbonyl (C=O) groups is 1. The van der Waals surface area contributed by atoms with E-state index in [4.69, 9.17) is 23.2 Å². The molecule has 1 aliphatic carbocycles. The Balaban J connectivity index is 1.45. The minimum absolute atomic E-state index is 0.169. The summed E-state index contributed by atoms with van der Waals surface area (Å²) in [6, 6.07) is 3.33. The zero-order valence-electron chi connectivity index (χ0n) is 16.8. The van der Waals surface area contributed by atoms with E-state index in [-0.39, 0.29) is 11.3 Å². The lowest BCUT2D eigenvalue weighted by Gasteiger charge is -2.19. The molecule has 1 N–H and O–H groups in total. The lowest BCUT2D eigenvalue weighted by atomic mass is 9.88. The molecule has 10 nitrogen and oxygen atoms in total. The number of tetrazole rings is 1. The predicted octanol–water partition coefficient (Wildman–Crippen LogP) is 3.03. The highest BCUT2D eigenvalue weighted by Crippen LogP contribution is 2.46. The van der Waals surface area contributed by atoms with Crippen molar-refractivity contribution in [1.29, 1.82) is 0 Å². The van der Waals surface area contributed by atoms with Gasteiger partial charge in [0.2, 0.25) is 11.7 Å². The molecule has 0 aromatic carbocycles. The molecule has 4 heterocycles. The minimum Gasteiger partial charge on any atom is -0.324 e. The van der Waals surface area contributed by atoms with Crippen LogP contribution < -0.4 is 5.32 Å². The molecule has 0 spiro atoms. The first-order valence-corrected chi connectivity index (χ1v) is 10.2. The number of fused-ring (bicyclic) bond motifs is 3. The molecule has 158 valence electrons. The molecule has 1 amide bonds. The van der Waals surface area contributed by atoms with Crippen LogP contribution in [0.1, 0.15) is 37.4 Å². The third-order valence-electron chi connectivity index (χ3n) is 5.47. The number of hydrogen-bond acceptors (Lipinski definition) is 7. The van der Waals surface area contributed by atoms with E-state index in [0.29, 0.717) is 39.4 Å². The fourth-order valence-electron chi connectivity index (χ4n) is 4.13. The second-order valence-electron chi connectivity index (χ2n) is 8.11. The van der Waals surface area contributed by atoms with Gasteiger partial charge in [-0.25, -0.2) is 19.2 Å². The van der Waals surface area contributed by atoms with Crippen LogP contribution in [-0.4, -0.2) is 45.7 Å². The number of aromatic nitrogens is 8. The zero-order chi connectivity index (χ0) is 21.9. The van der Waals surface area contributed by atoms with Gasteiger partial charge in [-0.2, -0.15) is 5.10 Å². The number of nitrogens with zero attached hydrogens (tertiary/aromatic N) is 8. The maximum atomic E-state index is 13.2. The SMILES string of the molecule is Cn1nnnc1-c1ncc(NC(=O)C2CC(C)(C)c3c2cnc2cc(Cl)nn32)cc1Cl. The average molecular weight is 458 g/mol. The number of aryl methyl sites for hydroxylation is 1. The number of halogens is 2. The van der Waals surface area contributed by atoms with Gasteiger partial charge in [0.1, 0.15) is 5.69 Å². The second-order valence-corrected chi connectivity index (χ2v) is 8.90. The molecular formula is C19H17Cl2N9O. The van der Waals surface area contributed by atoms with Gasteiger partial charge in [0, 0.05) is 30.3 Å². The number of pyridine rings is 1. The van der Waals surface area contributed by atoms with Crippen molar-refractivity contribution in [2.24, 2.45) is 7.05 Å². The first-order chi connectivity index (χ1) is 14.7. The predicted molar refractivity (Wildman–Crippen MR) is 114 cm³/mol. The first kappa shape index (κ1) is 19.8. The van der Waals surface area contributed by atoms with Crippen molar-refractivity contribution in [2.75, 3.05) is 5.32 Å². The molecule has 12 heteroatoms. The third-order valence-corrected chi connectivity index (χ3v) is 5.94. The molecule has 0 bridgehead atoms. The van der Waals surface area contributed by atoms with E-state index in [0.717, 1.165) is 11.3 Å². The lowest BCUT2D eigenvalue weighted by molar-refractivity contribution is -0.117. The molecule has 0 saturated heterocycles. The van der Waals surface area contributed by atoms with E-state index in [1.807, 2.05) is 0 Å². The molecule has 1 atom stereocenters. The molecule has 4 aromatic heterocycles. The van der Waals surface area contributed by atoms with Gasteiger partial charge in [0.05, 0.1) is 28.5 Å². The highest BCUT2D eigenvalue weighted by Gasteiger charge is 2.43. The molecule has 0 radical (unpaired) electrons. The highest BCUT2D eigenvalue weighted by molar-refractivity contribution is 6.33. The summed E-state index contributed by atoms with van der Waals surface area (Å²) in [4.78, 5) is 21.9. The van der Waals surface area contributed by atoms with Crippen LogP contribution in [0.5, 0.6) is 0 Å². The quantitative estimate of drug-likeness (QED) is 0.502. The van der Waals surface area contributed by atoms with E-state index in [1.165, 1.54) is 10.9 Å². The topological polar surface area (TPSA) is 116 Å². The van der Waals surface area contributed by atoms with Crippen molar-refractivity contribution >= 4 is 40.4 Å². The molecule has 1 unspecified atom stereocenters. The van der Waals surface area contributed by atoms with Crippen LogP contribution in [0.2, 0.25) is 10.2 Å². The third kappa shape index (κ3) is 3.22. The summed E-state index contributed by atoms with van der Waals surface area (Å²) >= 11 is 12.4. The van der Waals surface area contributed by atoms with Crippen LogP contribution in [0.15, 0.2) is 24.5 Å². The van der Waals surface area contributed by atoms with Crippen LogP contribution in [0.25, 0.3) is 17.2 Å². The molecule has 0 saturated carbocycles. The van der Waals surface area contributed by atoms with E-state index < -0.39 is 5.92 Å². The maximum Gasteiger partial charge on any atom is 0.232 e. The molecule has 31 heavy (non-hydrogen) atoms. The molecular weight excluding hydrogens is 441 g/mol. The van der Waals surface area contributed by atoms with Crippen molar-refractivity contribution in [1.82, 2.24) is 39.8 Å². The number of rotatable bonds is 3. The average Bonchev–Trinajstić information content (AvgIpc) is 3.36. The van der Waals surface area contributed by atoms with Crippen LogP contribution in [0.4, 0.5) is 5.69 Å². The van der Waals surface area contributed by atoms with Crippen LogP contribution in [-0.2, 0) is 17.3 Å². The van der Waals surface area contributed by atoms with Gasteiger partial charge >= 0.3 is 0 Å². The monoisotopic (exact) mass is 457 g/mol. The molecule has 4 aromatic rings. The molecule has 1 aliphatic rings. The van der Waals surface area contributed by atoms with Crippen molar-refractivity contribution in [3.05, 3.63) is 46.0 Å². The Bertz CT molecular complexity index is 1340. The second kappa shape index (κ2) is 6.96. The van der Waals surface area contributed by atoms with E-state index in [1.54, 1.807) is 29.9 Å². The Morgan fingerprint density at radius 3 is 2.74 bits per heavy atom. The van der Waals surface area contributed by atoms with Gasteiger partial charge in [0.25, 0.3) is 0 Å². The fraction of sp³-hybridized carbons (Fsp3) is 0.316. The van der Waals surface area contributed by atoms with Gasteiger partial charge in [0.15, 0.2) is 10.8 Å². The van der Waals surface area contributed by atoms with Gasteiger partial charge in [-0.15, -0.1) is 5.10 Å². The summed E-state index contributed by atoms with van der Waals surface area (Å²) in [5, 5.41) is 19.3. The van der Waals surface area contributed by atoms with E-state index in [9.17, 15) is 4.79 Å². The smallest absolute Gasteiger partial charge is 0.232 e. The summed E-state index contributed by atoms with van der Waals surface area (Å²) in [6.45, 7) is 4.16. The zero-order valence-corrected chi connectivity index (χ0v) is 18.3. The summed E-state index contributed by atoms with van der Waals surface area (Å²) in [6.07, 6.45) is 3.87. The molecule has 5 rings (SSSR count). The summed E-state index contributed by atoms with van der Waals surface area (Å²) in [5.74, 6) is -0.134. The molecule has 0 fully saturated rings. The Labute approximate surface area is 186 Å². The van der Waals surface area contributed by atoms with Gasteiger partial charge in [-0.1, -0.05) is 37.0 Å². The number of amides is 1. The standard InChI is InChI=1S/C19H17Cl2N9O/c1-19(2)6-10(11-8-22-14-5-13(21)26-30(14)16(11)19)18(31)24-9-4-12(20)15(23-7-9)17-25-27-28-29(17)3/h4-5,7-8,10H,6H2,1-3H3,(H,24,31). The molecule has 0 aliphatic heterocycles.